The van der Waals surface area contributed by atoms with Crippen LogP contribution in [0, 0.1) is 30.6 Å². The van der Waals surface area contributed by atoms with Crippen LogP contribution in [-0.2, 0) is 30.3 Å². The fraction of sp³-hybridized carbons (Fsp3) is 0.373. The standard InChI is InChI=1S/C51H59N3O12/c1-27-17-16-18-28(2)50(62)53-41-36(25-52-54(35-21-14-11-15-22-35)26-34-19-12-10-13-20-34)45(59)38-39(46(41)60)44(58)32(6)48-40(38)49(61)51(8,66-48)64-24-23-37(63-9)29(3)47(65-33(7)55)31(5)43(57)30(4)42(27)56/h10-25,27,29-31,37,42-43,47,56-60H,26H2,1-9H3,(H,53,62)/b17-16+,24-23+,28-18?,52-25+. The van der Waals surface area contributed by atoms with E-state index in [0.717, 1.165) is 5.56 Å². The Kier molecular flexibility index (Phi) is 14.9. The van der Waals surface area contributed by atoms with Gasteiger partial charge >= 0.3 is 11.8 Å². The molecular formula is C51H59N3O12. The Hall–Kier alpha value is -6.68. The number of carbonyl (C=O) groups is 3. The molecule has 0 fully saturated rings. The predicted octanol–water partition coefficient (Wildman–Crippen LogP) is 7.79. The van der Waals surface area contributed by atoms with Gasteiger partial charge in [-0.25, -0.2) is 0 Å². The molecule has 350 valence electrons. The number of ether oxygens (including phenoxy) is 4. The molecule has 3 aliphatic rings. The van der Waals surface area contributed by atoms with Gasteiger partial charge in [0.25, 0.3) is 11.7 Å². The first-order valence-corrected chi connectivity index (χ1v) is 21.8. The second-order valence-electron chi connectivity index (χ2n) is 17.2. The maximum absolute atomic E-state index is 14.6. The van der Waals surface area contributed by atoms with Gasteiger partial charge in [0, 0.05) is 61.2 Å². The number of esters is 1. The van der Waals surface area contributed by atoms with E-state index in [1.54, 1.807) is 44.9 Å². The van der Waals surface area contributed by atoms with E-state index in [0.29, 0.717) is 5.69 Å². The quantitative estimate of drug-likeness (QED) is 0.0344. The zero-order valence-electron chi connectivity index (χ0n) is 38.6. The van der Waals surface area contributed by atoms with Crippen LogP contribution < -0.4 is 15.1 Å². The SMILES string of the molecule is COC1/C=C/OC2(C)Oc3c(C)c(O)c4c(O)c(c(/C=N/N(Cc5ccccc5)c5ccccc5)c(O)c4c3C2=O)NC(=O)C(C)=C/C=C/C(C)C(O)C(C)C(O)C(C)C(OC(C)=O)C1C. The third-order valence-electron chi connectivity index (χ3n) is 12.6. The minimum absolute atomic E-state index is 0.0334. The van der Waals surface area contributed by atoms with Crippen molar-refractivity contribution in [3.05, 3.63) is 119 Å². The molecule has 9 unspecified atom stereocenters. The van der Waals surface area contributed by atoms with Gasteiger partial charge in [-0.1, -0.05) is 94.5 Å². The van der Waals surface area contributed by atoms with E-state index in [1.807, 2.05) is 60.7 Å². The molecule has 3 aliphatic heterocycles. The molecule has 0 aromatic heterocycles. The third kappa shape index (κ3) is 9.78. The number of hydrogen-bond donors (Lipinski definition) is 6. The number of amides is 1. The van der Waals surface area contributed by atoms with E-state index in [2.05, 4.69) is 5.32 Å². The van der Waals surface area contributed by atoms with Crippen molar-refractivity contribution in [3.8, 4) is 23.0 Å². The third-order valence-corrected chi connectivity index (χ3v) is 12.6. The number of hydrogen-bond acceptors (Lipinski definition) is 14. The fourth-order valence-electron chi connectivity index (χ4n) is 8.56. The summed E-state index contributed by atoms with van der Waals surface area (Å²) in [4.78, 5) is 41.1. The Bertz CT molecular complexity index is 2580. The highest BCUT2D eigenvalue weighted by Gasteiger charge is 2.50. The number of aliphatic hydroxyl groups excluding tert-OH is 2. The predicted molar refractivity (Wildman–Crippen MR) is 250 cm³/mol. The van der Waals surface area contributed by atoms with E-state index >= 15 is 0 Å². The number of para-hydroxylation sites is 1. The van der Waals surface area contributed by atoms with Crippen molar-refractivity contribution in [2.24, 2.45) is 28.8 Å². The van der Waals surface area contributed by atoms with Crippen LogP contribution >= 0.6 is 0 Å². The van der Waals surface area contributed by atoms with E-state index in [1.165, 1.54) is 59.4 Å². The lowest BCUT2D eigenvalue weighted by molar-refractivity contribution is -0.160. The number of carbonyl (C=O) groups excluding carboxylic acids is 3. The highest BCUT2D eigenvalue weighted by Crippen LogP contribution is 2.55. The number of hydrazone groups is 1. The molecule has 6 N–H and O–H groups in total. The minimum Gasteiger partial charge on any atom is -0.507 e. The van der Waals surface area contributed by atoms with Gasteiger partial charge in [0.15, 0.2) is 5.75 Å². The van der Waals surface area contributed by atoms with Crippen molar-refractivity contribution in [1.82, 2.24) is 0 Å². The summed E-state index contributed by atoms with van der Waals surface area (Å²) in [6, 6.07) is 18.7. The summed E-state index contributed by atoms with van der Waals surface area (Å²) >= 11 is 0. The van der Waals surface area contributed by atoms with Gasteiger partial charge in [-0.3, -0.25) is 19.4 Å². The fourth-order valence-corrected chi connectivity index (χ4v) is 8.56. The summed E-state index contributed by atoms with van der Waals surface area (Å²) in [5, 5.41) is 67.8. The summed E-state index contributed by atoms with van der Waals surface area (Å²) in [7, 11) is 1.43. The molecule has 4 aromatic rings. The Balaban J connectivity index is 1.56. The molecule has 0 spiro atoms. The number of nitrogens with zero attached hydrogens (tertiary/aromatic N) is 2. The number of aromatic hydroxyl groups is 3. The van der Waals surface area contributed by atoms with Crippen LogP contribution in [0.1, 0.15) is 75.5 Å². The first-order valence-electron chi connectivity index (χ1n) is 21.8. The number of nitrogens with one attached hydrogen (secondary N) is 1. The molecule has 0 saturated heterocycles. The summed E-state index contributed by atoms with van der Waals surface area (Å²) in [6.07, 6.45) is 4.72. The maximum atomic E-state index is 14.6. The monoisotopic (exact) mass is 905 g/mol. The molecule has 15 nitrogen and oxygen atoms in total. The zero-order valence-corrected chi connectivity index (χ0v) is 38.6. The number of rotatable bonds is 7. The number of phenolic OH excluding ortho intramolecular Hbond substituents is 3. The van der Waals surface area contributed by atoms with Crippen LogP contribution in [-0.4, -0.2) is 86.7 Å². The smallest absolute Gasteiger partial charge is 0.312 e. The Labute approximate surface area is 384 Å². The van der Waals surface area contributed by atoms with Crippen molar-refractivity contribution in [2.75, 3.05) is 17.4 Å². The lowest BCUT2D eigenvalue weighted by Gasteiger charge is -2.38. The topological polar surface area (TPSA) is 217 Å². The average Bonchev–Trinajstić information content (AvgIpc) is 3.57. The number of Topliss-reactive ketones (excluding diaryl/α,β-unsaturated/α-hetero) is 1. The lowest BCUT2D eigenvalue weighted by atomic mass is 9.78. The zero-order chi connectivity index (χ0) is 48.2. The molecule has 5 bridgehead atoms. The van der Waals surface area contributed by atoms with Crippen molar-refractivity contribution < 1.29 is 58.9 Å². The number of fused-ring (bicyclic) bond motifs is 14. The largest absolute Gasteiger partial charge is 0.507 e. The Morgan fingerprint density at radius 1 is 0.879 bits per heavy atom. The van der Waals surface area contributed by atoms with E-state index in [-0.39, 0.29) is 51.0 Å². The molecule has 66 heavy (non-hydrogen) atoms. The van der Waals surface area contributed by atoms with Gasteiger partial charge in [0.2, 0.25) is 0 Å². The van der Waals surface area contributed by atoms with Gasteiger partial charge in [-0.2, -0.15) is 5.10 Å². The average molecular weight is 906 g/mol. The summed E-state index contributed by atoms with van der Waals surface area (Å²) in [6.45, 7) is 12.8. The second kappa shape index (κ2) is 20.2. The van der Waals surface area contributed by atoms with Crippen molar-refractivity contribution in [2.45, 2.75) is 92.1 Å². The van der Waals surface area contributed by atoms with Crippen LogP contribution in [0.25, 0.3) is 10.8 Å². The van der Waals surface area contributed by atoms with Gasteiger partial charge in [0.1, 0.15) is 23.4 Å². The maximum Gasteiger partial charge on any atom is 0.312 e. The van der Waals surface area contributed by atoms with E-state index < -0.39 is 88.8 Å². The van der Waals surface area contributed by atoms with Crippen molar-refractivity contribution in [1.29, 1.82) is 0 Å². The molecular weight excluding hydrogens is 847 g/mol. The number of allylic oxidation sites excluding steroid dienone is 2. The number of anilines is 2. The van der Waals surface area contributed by atoms with Crippen molar-refractivity contribution in [3.63, 3.8) is 0 Å². The van der Waals surface area contributed by atoms with Crippen molar-refractivity contribution >= 4 is 46.0 Å². The lowest BCUT2D eigenvalue weighted by Crippen LogP contribution is -2.46. The second-order valence-corrected chi connectivity index (χ2v) is 17.2. The van der Waals surface area contributed by atoms with Crippen LogP contribution in [0.15, 0.2) is 102 Å². The summed E-state index contributed by atoms with van der Waals surface area (Å²) in [5.74, 6) is -8.68. The molecule has 0 saturated carbocycles. The molecule has 9 atom stereocenters. The molecule has 0 radical (unpaired) electrons. The highest BCUT2D eigenvalue weighted by molar-refractivity contribution is 6.24. The summed E-state index contributed by atoms with van der Waals surface area (Å²) < 4.78 is 23.8. The first kappa shape index (κ1) is 48.8. The van der Waals surface area contributed by atoms with Crippen LogP contribution in [0.2, 0.25) is 0 Å². The molecule has 1 amide bonds. The van der Waals surface area contributed by atoms with Gasteiger partial charge in [-0.05, 0) is 37.6 Å². The Morgan fingerprint density at radius 2 is 1.53 bits per heavy atom. The number of phenols is 3. The highest BCUT2D eigenvalue weighted by atomic mass is 16.7. The van der Waals surface area contributed by atoms with Crippen LogP contribution in [0.4, 0.5) is 11.4 Å². The number of methoxy groups -OCH3 is 1. The molecule has 4 aromatic carbocycles. The molecule has 7 rings (SSSR count). The summed E-state index contributed by atoms with van der Waals surface area (Å²) in [5.41, 5.74) is 1.02. The van der Waals surface area contributed by atoms with E-state index in [4.69, 9.17) is 24.0 Å². The molecule has 3 heterocycles. The van der Waals surface area contributed by atoms with Gasteiger partial charge in [-0.15, -0.1) is 0 Å². The normalized spacial score (nSPS) is 27.2. The number of ketones is 1. The van der Waals surface area contributed by atoms with E-state index in [9.17, 15) is 39.9 Å². The first-order chi connectivity index (χ1) is 31.3. The minimum atomic E-state index is -2.08. The van der Waals surface area contributed by atoms with Crippen LogP contribution in [0.3, 0.4) is 0 Å². The number of benzene rings is 4. The van der Waals surface area contributed by atoms with Crippen LogP contribution in [0.5, 0.6) is 23.0 Å². The van der Waals surface area contributed by atoms with Gasteiger partial charge in [0.05, 0.1) is 65.2 Å². The Morgan fingerprint density at radius 3 is 2.17 bits per heavy atom. The van der Waals surface area contributed by atoms with Gasteiger partial charge < -0.3 is 49.8 Å². The molecule has 15 heteroatoms. The molecule has 0 aliphatic carbocycles. The number of aliphatic hydroxyl groups is 2.